The predicted molar refractivity (Wildman–Crippen MR) is 97.6 cm³/mol. The second-order valence-electron chi connectivity index (χ2n) is 5.06. The van der Waals surface area contributed by atoms with Crippen LogP contribution in [0.5, 0.6) is 0 Å². The molecule has 0 fully saturated rings. The average Bonchev–Trinajstić information content (AvgIpc) is 2.88. The number of hydrogen-bond acceptors (Lipinski definition) is 2. The van der Waals surface area contributed by atoms with E-state index in [9.17, 15) is 0 Å². The molecule has 0 aliphatic carbocycles. The summed E-state index contributed by atoms with van der Waals surface area (Å²) < 4.78 is 1.35. The van der Waals surface area contributed by atoms with Crippen LogP contribution in [-0.2, 0) is 6.42 Å². The number of hydrogen-bond donors (Lipinski definition) is 1. The zero-order chi connectivity index (χ0) is 14.4. The molecule has 3 heteroatoms. The Morgan fingerprint density at radius 3 is 2.40 bits per heavy atom. The largest absolute Gasteiger partial charge is 0.306 e. The fraction of sp³-hybridized carbons (Fsp3) is 0.412. The minimum atomic E-state index is 0.324. The quantitative estimate of drug-likeness (QED) is 0.616. The molecule has 20 heavy (non-hydrogen) atoms. The molecule has 1 aromatic carbocycles. The van der Waals surface area contributed by atoms with Gasteiger partial charge in [-0.1, -0.05) is 44.5 Å². The zero-order valence-corrected chi connectivity index (χ0v) is 15.1. The van der Waals surface area contributed by atoms with Gasteiger partial charge in [0.05, 0.1) is 8.93 Å². The van der Waals surface area contributed by atoms with Crippen LogP contribution >= 0.6 is 33.9 Å². The van der Waals surface area contributed by atoms with E-state index in [1.807, 2.05) is 11.3 Å². The molecule has 1 nitrogen and oxygen atoms in total. The molecule has 0 amide bonds. The minimum Gasteiger partial charge on any atom is -0.306 e. The van der Waals surface area contributed by atoms with Gasteiger partial charge < -0.3 is 5.32 Å². The standard InChI is InChI=1S/C17H22INS/c1-3-5-13-6-8-14(9-7-13)17(19-10-4-2)15-11-16(18)20-12-15/h6-9,11-12,17,19H,3-5,10H2,1-2H3. The van der Waals surface area contributed by atoms with Crippen LogP contribution in [0.4, 0.5) is 0 Å². The lowest BCUT2D eigenvalue weighted by atomic mass is 9.99. The Morgan fingerprint density at radius 1 is 1.10 bits per heavy atom. The van der Waals surface area contributed by atoms with E-state index in [0.717, 1.165) is 13.0 Å². The highest BCUT2D eigenvalue weighted by molar-refractivity contribution is 14.1. The van der Waals surface area contributed by atoms with E-state index >= 15 is 0 Å². The number of rotatable bonds is 7. The topological polar surface area (TPSA) is 12.0 Å². The fourth-order valence-corrected chi connectivity index (χ4v) is 3.75. The van der Waals surface area contributed by atoms with Gasteiger partial charge in [0.15, 0.2) is 0 Å². The van der Waals surface area contributed by atoms with Crippen molar-refractivity contribution in [2.45, 2.75) is 39.2 Å². The number of thiophene rings is 1. The third-order valence-electron chi connectivity index (χ3n) is 3.37. The van der Waals surface area contributed by atoms with E-state index in [1.165, 1.54) is 32.4 Å². The Morgan fingerprint density at radius 2 is 1.85 bits per heavy atom. The van der Waals surface area contributed by atoms with Crippen molar-refractivity contribution in [2.24, 2.45) is 0 Å². The lowest BCUT2D eigenvalue weighted by Crippen LogP contribution is -2.22. The van der Waals surface area contributed by atoms with Crippen LogP contribution in [0.3, 0.4) is 0 Å². The second kappa shape index (κ2) is 8.15. The molecule has 0 bridgehead atoms. The Hall–Kier alpha value is -0.390. The SMILES string of the molecule is CCCNC(c1ccc(CCC)cc1)c1csc(I)c1. The summed E-state index contributed by atoms with van der Waals surface area (Å²) in [6, 6.07) is 11.7. The van der Waals surface area contributed by atoms with Crippen molar-refractivity contribution in [1.82, 2.24) is 5.32 Å². The summed E-state index contributed by atoms with van der Waals surface area (Å²) in [5.74, 6) is 0. The lowest BCUT2D eigenvalue weighted by molar-refractivity contribution is 0.599. The Bertz CT molecular complexity index is 518. The number of aryl methyl sites for hydroxylation is 1. The van der Waals surface area contributed by atoms with Gasteiger partial charge in [-0.15, -0.1) is 11.3 Å². The van der Waals surface area contributed by atoms with Gasteiger partial charge in [-0.2, -0.15) is 0 Å². The van der Waals surface area contributed by atoms with Crippen LogP contribution in [0.1, 0.15) is 49.4 Å². The third kappa shape index (κ3) is 4.30. The molecule has 0 saturated heterocycles. The van der Waals surface area contributed by atoms with E-state index in [2.05, 4.69) is 77.5 Å². The van der Waals surface area contributed by atoms with E-state index in [0.29, 0.717) is 6.04 Å². The highest BCUT2D eigenvalue weighted by Crippen LogP contribution is 2.27. The molecule has 0 aliphatic rings. The van der Waals surface area contributed by atoms with Crippen LogP contribution in [-0.4, -0.2) is 6.54 Å². The van der Waals surface area contributed by atoms with E-state index in [1.54, 1.807) is 0 Å². The van der Waals surface area contributed by atoms with Crippen molar-refractivity contribution in [1.29, 1.82) is 0 Å². The summed E-state index contributed by atoms with van der Waals surface area (Å²) in [4.78, 5) is 0. The molecular weight excluding hydrogens is 377 g/mol. The second-order valence-corrected chi connectivity index (χ2v) is 7.87. The molecular formula is C17H22INS. The predicted octanol–water partition coefficient (Wildman–Crippen LogP) is 5.39. The first-order valence-corrected chi connectivity index (χ1v) is 9.26. The number of nitrogens with one attached hydrogen (secondary N) is 1. The summed E-state index contributed by atoms with van der Waals surface area (Å²) in [5.41, 5.74) is 4.19. The Labute approximate surface area is 139 Å². The van der Waals surface area contributed by atoms with Crippen molar-refractivity contribution in [2.75, 3.05) is 6.54 Å². The molecule has 0 aliphatic heterocycles. The Kier molecular flexibility index (Phi) is 6.52. The summed E-state index contributed by atoms with van der Waals surface area (Å²) in [7, 11) is 0. The summed E-state index contributed by atoms with van der Waals surface area (Å²) >= 11 is 4.22. The highest BCUT2D eigenvalue weighted by atomic mass is 127. The lowest BCUT2D eigenvalue weighted by Gasteiger charge is -2.18. The van der Waals surface area contributed by atoms with Crippen LogP contribution < -0.4 is 5.32 Å². The fourth-order valence-electron chi connectivity index (χ4n) is 2.36. The van der Waals surface area contributed by atoms with E-state index in [-0.39, 0.29) is 0 Å². The van der Waals surface area contributed by atoms with Crippen molar-refractivity contribution >= 4 is 33.9 Å². The van der Waals surface area contributed by atoms with Gasteiger partial charge in [-0.3, -0.25) is 0 Å². The molecule has 108 valence electrons. The van der Waals surface area contributed by atoms with Crippen molar-refractivity contribution in [3.63, 3.8) is 0 Å². The highest BCUT2D eigenvalue weighted by Gasteiger charge is 2.14. The van der Waals surface area contributed by atoms with E-state index < -0.39 is 0 Å². The first-order valence-electron chi connectivity index (χ1n) is 7.30. The third-order valence-corrected chi connectivity index (χ3v) is 5.18. The van der Waals surface area contributed by atoms with Gasteiger partial charge in [0.2, 0.25) is 0 Å². The van der Waals surface area contributed by atoms with Crippen LogP contribution in [0.2, 0.25) is 0 Å². The summed E-state index contributed by atoms with van der Waals surface area (Å²) in [6.45, 7) is 5.49. The maximum atomic E-state index is 3.67. The summed E-state index contributed by atoms with van der Waals surface area (Å²) in [5, 5.41) is 5.94. The van der Waals surface area contributed by atoms with Gasteiger partial charge >= 0.3 is 0 Å². The maximum absolute atomic E-state index is 3.67. The molecule has 0 radical (unpaired) electrons. The van der Waals surface area contributed by atoms with Gasteiger partial charge in [-0.25, -0.2) is 0 Å². The monoisotopic (exact) mass is 399 g/mol. The van der Waals surface area contributed by atoms with Gasteiger partial charge in [0, 0.05) is 0 Å². The molecule has 0 spiro atoms. The molecule has 1 heterocycles. The molecule has 2 rings (SSSR count). The normalized spacial score (nSPS) is 12.6. The molecule has 1 aromatic heterocycles. The smallest absolute Gasteiger partial charge is 0.0656 e. The number of halogens is 1. The average molecular weight is 399 g/mol. The van der Waals surface area contributed by atoms with Crippen molar-refractivity contribution < 1.29 is 0 Å². The van der Waals surface area contributed by atoms with Crippen LogP contribution in [0, 0.1) is 2.88 Å². The van der Waals surface area contributed by atoms with Gasteiger partial charge in [0.25, 0.3) is 0 Å². The number of benzene rings is 1. The van der Waals surface area contributed by atoms with Crippen molar-refractivity contribution in [3.05, 3.63) is 55.3 Å². The first kappa shape index (κ1) is 16.0. The van der Waals surface area contributed by atoms with Crippen LogP contribution in [0.15, 0.2) is 35.7 Å². The van der Waals surface area contributed by atoms with Crippen LogP contribution in [0.25, 0.3) is 0 Å². The summed E-state index contributed by atoms with van der Waals surface area (Å²) in [6.07, 6.45) is 3.54. The minimum absolute atomic E-state index is 0.324. The Balaban J connectivity index is 2.21. The molecule has 0 saturated carbocycles. The molecule has 1 atom stereocenters. The van der Waals surface area contributed by atoms with E-state index in [4.69, 9.17) is 0 Å². The van der Waals surface area contributed by atoms with Gasteiger partial charge in [0.1, 0.15) is 0 Å². The zero-order valence-electron chi connectivity index (χ0n) is 12.2. The molecule has 1 unspecified atom stereocenters. The maximum Gasteiger partial charge on any atom is 0.0656 e. The van der Waals surface area contributed by atoms with Gasteiger partial charge in [-0.05, 0) is 70.1 Å². The first-order chi connectivity index (χ1) is 9.74. The molecule has 2 aromatic rings. The molecule has 1 N–H and O–H groups in total. The van der Waals surface area contributed by atoms with Crippen molar-refractivity contribution in [3.8, 4) is 0 Å².